The molecule has 0 bridgehead atoms. The van der Waals surface area contributed by atoms with Gasteiger partial charge < -0.3 is 18.1 Å². The predicted octanol–water partition coefficient (Wildman–Crippen LogP) is 4.63. The van der Waals surface area contributed by atoms with Gasteiger partial charge in [-0.05, 0) is 57.4 Å². The van der Waals surface area contributed by atoms with Crippen LogP contribution in [0, 0.1) is 0 Å². The van der Waals surface area contributed by atoms with Gasteiger partial charge in [-0.3, -0.25) is 0 Å². The fraction of sp³-hybridized carbons (Fsp3) is 0.300. The third kappa shape index (κ3) is 2.03. The minimum absolute atomic E-state index is 0.358. The average molecular weight is 334 g/mol. The predicted molar refractivity (Wildman–Crippen MR) is 99.2 cm³/mol. The van der Waals surface area contributed by atoms with Gasteiger partial charge >= 0.3 is 7.12 Å². The maximum Gasteiger partial charge on any atom is 0.494 e. The molecule has 2 aromatic carbocycles. The van der Waals surface area contributed by atoms with Crippen molar-refractivity contribution in [2.24, 2.45) is 0 Å². The maximum atomic E-state index is 6.15. The molecule has 0 spiro atoms. The summed E-state index contributed by atoms with van der Waals surface area (Å²) in [5, 5.41) is 3.23. The van der Waals surface area contributed by atoms with Crippen molar-refractivity contribution in [2.75, 3.05) is 0 Å². The Labute approximate surface area is 145 Å². The Balaban J connectivity index is 1.67. The quantitative estimate of drug-likeness (QED) is 0.476. The lowest BCUT2D eigenvalue weighted by molar-refractivity contribution is 0.00578. The van der Waals surface area contributed by atoms with E-state index in [0.29, 0.717) is 0 Å². The van der Waals surface area contributed by atoms with Crippen LogP contribution in [0.25, 0.3) is 32.9 Å². The van der Waals surface area contributed by atoms with Gasteiger partial charge in [0.15, 0.2) is 0 Å². The first-order valence-electron chi connectivity index (χ1n) is 8.54. The summed E-state index contributed by atoms with van der Waals surface area (Å²) in [5.41, 5.74) is 2.80. The van der Waals surface area contributed by atoms with E-state index in [2.05, 4.69) is 39.8 Å². The molecular formula is C20H19BO4. The Morgan fingerprint density at radius 2 is 1.44 bits per heavy atom. The molecule has 0 atom stereocenters. The molecular weight excluding hydrogens is 315 g/mol. The Morgan fingerprint density at radius 3 is 2.20 bits per heavy atom. The van der Waals surface area contributed by atoms with E-state index < -0.39 is 7.12 Å². The summed E-state index contributed by atoms with van der Waals surface area (Å²) in [6, 6.07) is 12.0. The highest BCUT2D eigenvalue weighted by Crippen LogP contribution is 2.38. The molecule has 126 valence electrons. The van der Waals surface area contributed by atoms with E-state index >= 15 is 0 Å². The number of fused-ring (bicyclic) bond motifs is 5. The van der Waals surface area contributed by atoms with Crippen molar-refractivity contribution in [1.82, 2.24) is 0 Å². The Hall–Kier alpha value is -2.24. The van der Waals surface area contributed by atoms with Crippen molar-refractivity contribution in [3.63, 3.8) is 0 Å². The lowest BCUT2D eigenvalue weighted by Crippen LogP contribution is -2.41. The molecule has 1 aliphatic rings. The second-order valence-electron chi connectivity index (χ2n) is 7.72. The molecule has 1 fully saturated rings. The number of furan rings is 2. The topological polar surface area (TPSA) is 44.7 Å². The largest absolute Gasteiger partial charge is 0.494 e. The van der Waals surface area contributed by atoms with E-state index in [-0.39, 0.29) is 11.2 Å². The van der Waals surface area contributed by atoms with Crippen LogP contribution < -0.4 is 5.46 Å². The van der Waals surface area contributed by atoms with Gasteiger partial charge in [-0.25, -0.2) is 0 Å². The van der Waals surface area contributed by atoms with Gasteiger partial charge in [-0.2, -0.15) is 0 Å². The summed E-state index contributed by atoms with van der Waals surface area (Å²) in [6.45, 7) is 8.23. The summed E-state index contributed by atoms with van der Waals surface area (Å²) < 4.78 is 23.9. The monoisotopic (exact) mass is 334 g/mol. The molecule has 0 aliphatic carbocycles. The molecule has 4 aromatic rings. The van der Waals surface area contributed by atoms with Gasteiger partial charge in [0.25, 0.3) is 0 Å². The third-order valence-corrected chi connectivity index (χ3v) is 5.62. The molecule has 1 aliphatic heterocycles. The summed E-state index contributed by atoms with van der Waals surface area (Å²) in [4.78, 5) is 0. The lowest BCUT2D eigenvalue weighted by Gasteiger charge is -2.32. The first kappa shape index (κ1) is 15.1. The van der Waals surface area contributed by atoms with Crippen molar-refractivity contribution < 1.29 is 18.1 Å². The molecule has 5 heteroatoms. The van der Waals surface area contributed by atoms with Crippen molar-refractivity contribution in [3.05, 3.63) is 42.7 Å². The van der Waals surface area contributed by atoms with E-state index in [1.807, 2.05) is 24.3 Å². The fourth-order valence-electron chi connectivity index (χ4n) is 3.46. The number of hydrogen-bond donors (Lipinski definition) is 0. The molecule has 1 saturated heterocycles. The van der Waals surface area contributed by atoms with Crippen molar-refractivity contribution in [1.29, 1.82) is 0 Å². The zero-order valence-electron chi connectivity index (χ0n) is 14.8. The number of rotatable bonds is 1. The van der Waals surface area contributed by atoms with Gasteiger partial charge in [-0.15, -0.1) is 0 Å². The standard InChI is InChI=1S/C20H19BO4/c1-19(2)20(3,4)25-21(24-19)12-5-6-13-17(11-12)23-16-8-7-15-14(18(13)16)9-10-22-15/h5-11H,1-4H3. The zero-order valence-corrected chi connectivity index (χ0v) is 14.8. The molecule has 5 rings (SSSR count). The normalized spacial score (nSPS) is 19.4. The van der Waals surface area contributed by atoms with Crippen molar-refractivity contribution >= 4 is 45.5 Å². The Morgan fingerprint density at radius 1 is 0.760 bits per heavy atom. The van der Waals surface area contributed by atoms with E-state index in [1.54, 1.807) is 6.26 Å². The molecule has 25 heavy (non-hydrogen) atoms. The van der Waals surface area contributed by atoms with Crippen LogP contribution >= 0.6 is 0 Å². The van der Waals surface area contributed by atoms with Gasteiger partial charge in [0.2, 0.25) is 0 Å². The highest BCUT2D eigenvalue weighted by Gasteiger charge is 2.51. The van der Waals surface area contributed by atoms with E-state index in [1.165, 1.54) is 0 Å². The SMILES string of the molecule is CC1(C)OB(c2ccc3c(c2)oc2ccc4occc4c23)OC1(C)C. The number of hydrogen-bond acceptors (Lipinski definition) is 4. The second-order valence-corrected chi connectivity index (χ2v) is 7.72. The first-order valence-corrected chi connectivity index (χ1v) is 8.54. The van der Waals surface area contributed by atoms with Crippen LogP contribution in [-0.2, 0) is 9.31 Å². The van der Waals surface area contributed by atoms with E-state index in [9.17, 15) is 0 Å². The van der Waals surface area contributed by atoms with Crippen molar-refractivity contribution in [3.8, 4) is 0 Å². The summed E-state index contributed by atoms with van der Waals surface area (Å²) in [6.07, 6.45) is 1.71. The molecule has 0 saturated carbocycles. The summed E-state index contributed by atoms with van der Waals surface area (Å²) in [5.74, 6) is 0. The molecule has 0 radical (unpaired) electrons. The van der Waals surface area contributed by atoms with Gasteiger partial charge in [0.05, 0.1) is 17.5 Å². The van der Waals surface area contributed by atoms with E-state index in [0.717, 1.165) is 38.4 Å². The van der Waals surface area contributed by atoms with Crippen molar-refractivity contribution in [2.45, 2.75) is 38.9 Å². The van der Waals surface area contributed by atoms with Crippen LogP contribution in [-0.4, -0.2) is 18.3 Å². The molecule has 0 N–H and O–H groups in total. The molecule has 0 amide bonds. The smallest absolute Gasteiger partial charge is 0.464 e. The fourth-order valence-corrected chi connectivity index (χ4v) is 3.46. The van der Waals surface area contributed by atoms with Crippen LogP contribution in [0.4, 0.5) is 0 Å². The highest BCUT2D eigenvalue weighted by molar-refractivity contribution is 6.62. The summed E-state index contributed by atoms with van der Waals surface area (Å²) >= 11 is 0. The maximum absolute atomic E-state index is 6.15. The molecule has 4 nitrogen and oxygen atoms in total. The minimum atomic E-state index is -0.392. The summed E-state index contributed by atoms with van der Waals surface area (Å²) in [7, 11) is -0.392. The third-order valence-electron chi connectivity index (χ3n) is 5.62. The lowest BCUT2D eigenvalue weighted by atomic mass is 9.79. The highest BCUT2D eigenvalue weighted by atomic mass is 16.7. The van der Waals surface area contributed by atoms with E-state index in [4.69, 9.17) is 18.1 Å². The van der Waals surface area contributed by atoms with Crippen LogP contribution in [0.2, 0.25) is 0 Å². The van der Waals surface area contributed by atoms with Gasteiger partial charge in [0.1, 0.15) is 16.7 Å². The molecule has 3 heterocycles. The Kier molecular flexibility index (Phi) is 2.82. The minimum Gasteiger partial charge on any atom is -0.464 e. The zero-order chi connectivity index (χ0) is 17.4. The van der Waals surface area contributed by atoms with Crippen LogP contribution in [0.5, 0.6) is 0 Å². The van der Waals surface area contributed by atoms with Gasteiger partial charge in [0, 0.05) is 16.2 Å². The van der Waals surface area contributed by atoms with Crippen LogP contribution in [0.3, 0.4) is 0 Å². The second kappa shape index (κ2) is 4.68. The Bertz CT molecular complexity index is 1100. The molecule has 2 aromatic heterocycles. The van der Waals surface area contributed by atoms with Crippen LogP contribution in [0.1, 0.15) is 27.7 Å². The van der Waals surface area contributed by atoms with Crippen LogP contribution in [0.15, 0.2) is 51.5 Å². The first-order chi connectivity index (χ1) is 11.9. The number of benzene rings is 2. The molecule has 0 unspecified atom stereocenters. The van der Waals surface area contributed by atoms with Gasteiger partial charge in [-0.1, -0.05) is 12.1 Å². The average Bonchev–Trinajstić information content (AvgIpc) is 3.20.